The topological polar surface area (TPSA) is 84.4 Å². The Kier molecular flexibility index (Phi) is 4.01. The zero-order valence-corrected chi connectivity index (χ0v) is 10.7. The van der Waals surface area contributed by atoms with Crippen molar-refractivity contribution >= 4 is 29.2 Å². The quantitative estimate of drug-likeness (QED) is 0.296. The largest absolute Gasteiger partial charge is 0.409 e. The van der Waals surface area contributed by atoms with Crippen molar-refractivity contribution in [2.24, 2.45) is 10.9 Å². The van der Waals surface area contributed by atoms with Gasteiger partial charge in [-0.1, -0.05) is 28.5 Å². The predicted molar refractivity (Wildman–Crippen MR) is 70.1 cm³/mol. The molecular formula is C11H9ClN4OS. The second kappa shape index (κ2) is 5.70. The third-order valence-corrected chi connectivity index (χ3v) is 3.35. The lowest BCUT2D eigenvalue weighted by atomic mass is 10.2. The van der Waals surface area contributed by atoms with Gasteiger partial charge in [0.05, 0.1) is 5.02 Å². The fraction of sp³-hybridized carbons (Fsp3) is 0. The summed E-state index contributed by atoms with van der Waals surface area (Å²) in [7, 11) is 0. The predicted octanol–water partition coefficient (Wildman–Crippen LogP) is 2.38. The Morgan fingerprint density at radius 2 is 2.22 bits per heavy atom. The van der Waals surface area contributed by atoms with Gasteiger partial charge >= 0.3 is 0 Å². The van der Waals surface area contributed by atoms with Crippen LogP contribution in [0.25, 0.3) is 0 Å². The molecular weight excluding hydrogens is 272 g/mol. The highest BCUT2D eigenvalue weighted by atomic mass is 35.5. The molecule has 0 amide bonds. The summed E-state index contributed by atoms with van der Waals surface area (Å²) < 4.78 is 0. The van der Waals surface area contributed by atoms with E-state index in [1.807, 2.05) is 6.07 Å². The van der Waals surface area contributed by atoms with Gasteiger partial charge in [-0.05, 0) is 24.3 Å². The van der Waals surface area contributed by atoms with Crippen LogP contribution in [-0.2, 0) is 0 Å². The normalized spacial score (nSPS) is 11.5. The molecule has 1 aromatic carbocycles. The molecule has 0 saturated carbocycles. The molecule has 0 aliphatic heterocycles. The van der Waals surface area contributed by atoms with Crippen LogP contribution in [0.15, 0.2) is 51.9 Å². The van der Waals surface area contributed by atoms with Crippen LogP contribution in [0, 0.1) is 0 Å². The first-order chi connectivity index (χ1) is 8.70. The molecule has 1 aromatic heterocycles. The maximum atomic E-state index is 8.60. The van der Waals surface area contributed by atoms with E-state index in [1.54, 1.807) is 24.4 Å². The van der Waals surface area contributed by atoms with Crippen LogP contribution in [0.3, 0.4) is 0 Å². The number of hydrogen-bond acceptors (Lipinski definition) is 5. The Morgan fingerprint density at radius 1 is 1.39 bits per heavy atom. The number of hydrogen-bond donors (Lipinski definition) is 2. The molecule has 2 rings (SSSR count). The van der Waals surface area contributed by atoms with Crippen LogP contribution in [-0.4, -0.2) is 21.0 Å². The minimum absolute atomic E-state index is 0.0152. The molecule has 1 heterocycles. The average molecular weight is 281 g/mol. The molecule has 18 heavy (non-hydrogen) atoms. The highest BCUT2D eigenvalue weighted by molar-refractivity contribution is 7.99. The Balaban J connectivity index is 2.25. The Morgan fingerprint density at radius 3 is 2.83 bits per heavy atom. The lowest BCUT2D eigenvalue weighted by molar-refractivity contribution is 0.318. The number of halogens is 1. The number of nitrogens with zero attached hydrogens (tertiary/aromatic N) is 3. The van der Waals surface area contributed by atoms with Crippen molar-refractivity contribution in [1.29, 1.82) is 0 Å². The molecule has 0 aliphatic carbocycles. The zero-order chi connectivity index (χ0) is 13.0. The van der Waals surface area contributed by atoms with Crippen molar-refractivity contribution in [3.63, 3.8) is 0 Å². The monoisotopic (exact) mass is 280 g/mol. The summed E-state index contributed by atoms with van der Waals surface area (Å²) in [5, 5.41) is 12.8. The number of oxime groups is 1. The molecule has 92 valence electrons. The van der Waals surface area contributed by atoms with Gasteiger partial charge in [-0.2, -0.15) is 0 Å². The lowest BCUT2D eigenvalue weighted by Gasteiger charge is -2.05. The molecule has 0 fully saturated rings. The van der Waals surface area contributed by atoms with Crippen molar-refractivity contribution in [3.05, 3.63) is 47.4 Å². The van der Waals surface area contributed by atoms with E-state index < -0.39 is 0 Å². The van der Waals surface area contributed by atoms with E-state index in [2.05, 4.69) is 15.1 Å². The molecule has 0 spiro atoms. The molecule has 0 unspecified atom stereocenters. The number of amidine groups is 1. The fourth-order valence-corrected chi connectivity index (χ4v) is 2.41. The van der Waals surface area contributed by atoms with Crippen molar-refractivity contribution in [2.45, 2.75) is 9.92 Å². The second-order valence-electron chi connectivity index (χ2n) is 3.28. The second-order valence-corrected chi connectivity index (χ2v) is 4.78. The summed E-state index contributed by atoms with van der Waals surface area (Å²) in [6.07, 6.45) is 3.15. The first kappa shape index (κ1) is 12.7. The third-order valence-electron chi connectivity index (χ3n) is 2.10. The molecule has 7 heteroatoms. The van der Waals surface area contributed by atoms with Gasteiger partial charge in [-0.3, -0.25) is 0 Å². The zero-order valence-electron chi connectivity index (χ0n) is 9.12. The number of aromatic nitrogens is 2. The molecule has 3 N–H and O–H groups in total. The van der Waals surface area contributed by atoms with Gasteiger partial charge in [-0.15, -0.1) is 0 Å². The van der Waals surface area contributed by atoms with Gasteiger partial charge in [0.2, 0.25) is 0 Å². The number of nitrogens with two attached hydrogens (primary N) is 1. The van der Waals surface area contributed by atoms with Crippen LogP contribution >= 0.6 is 23.4 Å². The van der Waals surface area contributed by atoms with E-state index in [9.17, 15) is 0 Å². The number of rotatable bonds is 3. The summed E-state index contributed by atoms with van der Waals surface area (Å²) in [5.41, 5.74) is 5.98. The Labute approximate surface area is 113 Å². The van der Waals surface area contributed by atoms with Crippen LogP contribution in [0.2, 0.25) is 5.02 Å². The van der Waals surface area contributed by atoms with Gasteiger partial charge in [0.25, 0.3) is 0 Å². The Hall–Kier alpha value is -1.79. The molecule has 0 bridgehead atoms. The summed E-state index contributed by atoms with van der Waals surface area (Å²) >= 11 is 7.50. The summed E-state index contributed by atoms with van der Waals surface area (Å²) in [6.45, 7) is 0. The van der Waals surface area contributed by atoms with Crippen LogP contribution in [0.4, 0.5) is 0 Å². The summed E-state index contributed by atoms with van der Waals surface area (Å²) in [4.78, 5) is 8.85. The van der Waals surface area contributed by atoms with Crippen molar-refractivity contribution in [1.82, 2.24) is 9.97 Å². The van der Waals surface area contributed by atoms with Crippen LogP contribution < -0.4 is 5.73 Å². The van der Waals surface area contributed by atoms with Gasteiger partial charge in [0, 0.05) is 16.7 Å². The fourth-order valence-electron chi connectivity index (χ4n) is 1.28. The van der Waals surface area contributed by atoms with E-state index in [-0.39, 0.29) is 5.84 Å². The average Bonchev–Trinajstić information content (AvgIpc) is 2.39. The van der Waals surface area contributed by atoms with E-state index in [1.165, 1.54) is 18.1 Å². The molecule has 0 atom stereocenters. The summed E-state index contributed by atoms with van der Waals surface area (Å²) in [6, 6.07) is 7.06. The first-order valence-corrected chi connectivity index (χ1v) is 6.11. The maximum absolute atomic E-state index is 8.60. The van der Waals surface area contributed by atoms with Crippen molar-refractivity contribution in [3.8, 4) is 0 Å². The molecule has 0 saturated heterocycles. The number of benzene rings is 1. The smallest absolute Gasteiger partial charge is 0.171 e. The molecule has 0 radical (unpaired) electrons. The van der Waals surface area contributed by atoms with Crippen molar-refractivity contribution < 1.29 is 5.21 Å². The van der Waals surface area contributed by atoms with Gasteiger partial charge in [-0.25, -0.2) is 9.97 Å². The molecule has 5 nitrogen and oxygen atoms in total. The minimum Gasteiger partial charge on any atom is -0.409 e. The van der Waals surface area contributed by atoms with E-state index in [0.717, 1.165) is 9.92 Å². The van der Waals surface area contributed by atoms with Crippen LogP contribution in [0.1, 0.15) is 5.56 Å². The standard InChI is InChI=1S/C11H9ClN4OS/c12-9-5-7(1-2-8(9)11(13)16-17)18-10-3-4-14-6-15-10/h1-6,17H,(H2,13,16). The van der Waals surface area contributed by atoms with E-state index >= 15 is 0 Å². The van der Waals surface area contributed by atoms with Gasteiger partial charge in [0.15, 0.2) is 5.84 Å². The molecule has 2 aromatic rings. The third kappa shape index (κ3) is 2.91. The van der Waals surface area contributed by atoms with E-state index in [0.29, 0.717) is 10.6 Å². The summed E-state index contributed by atoms with van der Waals surface area (Å²) in [5.74, 6) is -0.0152. The van der Waals surface area contributed by atoms with E-state index in [4.69, 9.17) is 22.5 Å². The maximum Gasteiger partial charge on any atom is 0.171 e. The van der Waals surface area contributed by atoms with Gasteiger partial charge in [0.1, 0.15) is 11.4 Å². The van der Waals surface area contributed by atoms with Gasteiger partial charge < -0.3 is 10.9 Å². The highest BCUT2D eigenvalue weighted by Crippen LogP contribution is 2.29. The minimum atomic E-state index is -0.0152. The van der Waals surface area contributed by atoms with Crippen molar-refractivity contribution in [2.75, 3.05) is 0 Å². The lowest BCUT2D eigenvalue weighted by Crippen LogP contribution is -2.13. The SMILES string of the molecule is NC(=NO)c1ccc(Sc2ccncn2)cc1Cl. The van der Waals surface area contributed by atoms with Crippen LogP contribution in [0.5, 0.6) is 0 Å². The molecule has 0 aliphatic rings. The Bertz CT molecular complexity index is 577. The highest BCUT2D eigenvalue weighted by Gasteiger charge is 2.07. The first-order valence-electron chi connectivity index (χ1n) is 4.92.